The van der Waals surface area contributed by atoms with Gasteiger partial charge in [0.05, 0.1) is 5.69 Å². The second-order valence-corrected chi connectivity index (χ2v) is 7.57. The molecule has 1 amide bonds. The maximum atomic E-state index is 14.4. The van der Waals surface area contributed by atoms with Crippen LogP contribution in [0.1, 0.15) is 6.42 Å². The van der Waals surface area contributed by atoms with Gasteiger partial charge in [-0.05, 0) is 49.8 Å². The van der Waals surface area contributed by atoms with Crippen LogP contribution < -0.4 is 0 Å². The highest BCUT2D eigenvalue weighted by molar-refractivity contribution is 5.86. The summed E-state index contributed by atoms with van der Waals surface area (Å²) in [6.45, 7) is 1.76. The van der Waals surface area contributed by atoms with Gasteiger partial charge in [0.15, 0.2) is 0 Å². The molecule has 4 rings (SSSR count). The quantitative estimate of drug-likeness (QED) is 0.643. The van der Waals surface area contributed by atoms with Crippen LogP contribution in [0.5, 0.6) is 0 Å². The minimum absolute atomic E-state index is 0.118. The molecule has 4 nitrogen and oxygen atoms in total. The summed E-state index contributed by atoms with van der Waals surface area (Å²) in [5.41, 5.74) is 2.08. The Morgan fingerprint density at radius 2 is 1.83 bits per heavy atom. The minimum Gasteiger partial charge on any atom is -0.323 e. The third-order valence-corrected chi connectivity index (χ3v) is 5.55. The van der Waals surface area contributed by atoms with Crippen LogP contribution in [-0.4, -0.2) is 53.6 Å². The zero-order valence-electron chi connectivity index (χ0n) is 16.5. The van der Waals surface area contributed by atoms with Crippen LogP contribution in [0.3, 0.4) is 0 Å². The van der Waals surface area contributed by atoms with E-state index in [0.717, 1.165) is 43.3 Å². The smallest absolute Gasteiger partial charge is 0.323 e. The van der Waals surface area contributed by atoms with Gasteiger partial charge in [0, 0.05) is 37.0 Å². The molecule has 0 spiro atoms. The number of benzene rings is 2. The summed E-state index contributed by atoms with van der Waals surface area (Å²) in [5.74, 6) is -1.05. The molecule has 0 radical (unpaired) electrons. The first-order valence-electron chi connectivity index (χ1n) is 9.63. The number of rotatable bonds is 3. The van der Waals surface area contributed by atoms with E-state index in [4.69, 9.17) is 0 Å². The van der Waals surface area contributed by atoms with Crippen LogP contribution in [-0.2, 0) is 0 Å². The first kappa shape index (κ1) is 19.3. The fourth-order valence-electron chi connectivity index (χ4n) is 3.87. The van der Waals surface area contributed by atoms with Gasteiger partial charge in [-0.2, -0.15) is 0 Å². The van der Waals surface area contributed by atoms with Crippen molar-refractivity contribution in [2.45, 2.75) is 12.5 Å². The Bertz CT molecular complexity index is 1030. The van der Waals surface area contributed by atoms with Crippen LogP contribution in [0.2, 0.25) is 0 Å². The fourth-order valence-corrected chi connectivity index (χ4v) is 3.87. The van der Waals surface area contributed by atoms with Gasteiger partial charge in [-0.15, -0.1) is 0 Å². The molecular weight excluding hydrogens is 372 g/mol. The fraction of sp³-hybridized carbons (Fsp3) is 0.261. The molecule has 0 aliphatic carbocycles. The van der Waals surface area contributed by atoms with Gasteiger partial charge in [-0.25, -0.2) is 13.6 Å². The lowest BCUT2D eigenvalue weighted by molar-refractivity contribution is 0.193. The van der Waals surface area contributed by atoms with Crippen molar-refractivity contribution >= 4 is 6.03 Å². The summed E-state index contributed by atoms with van der Waals surface area (Å²) in [4.78, 5) is 17.3. The van der Waals surface area contributed by atoms with Gasteiger partial charge in [-0.3, -0.25) is 4.57 Å². The third-order valence-electron chi connectivity index (χ3n) is 5.55. The predicted octanol–water partition coefficient (Wildman–Crippen LogP) is 4.70. The molecule has 0 bridgehead atoms. The standard InChI is InChI=1S/C23H23F2N3O/c1-26-11-10-19(15-26)27(2)23(29)28-14-17(20-13-18(24)8-9-21(20)25)12-22(28)16-6-4-3-5-7-16/h3-9,12-14,19H,10-11,15H2,1-2H3/t19-/m0/s1. The van der Waals surface area contributed by atoms with Crippen LogP contribution in [0.15, 0.2) is 60.8 Å². The Hall–Kier alpha value is -2.99. The minimum atomic E-state index is -0.526. The molecule has 1 atom stereocenters. The number of likely N-dealkylation sites (tertiary alicyclic amines) is 1. The van der Waals surface area contributed by atoms with E-state index in [1.54, 1.807) is 24.2 Å². The molecule has 1 aromatic heterocycles. The monoisotopic (exact) mass is 395 g/mol. The summed E-state index contributed by atoms with van der Waals surface area (Å²) in [6, 6.07) is 14.5. The summed E-state index contributed by atoms with van der Waals surface area (Å²) in [6.07, 6.45) is 2.50. The van der Waals surface area contributed by atoms with Gasteiger partial charge < -0.3 is 9.80 Å². The van der Waals surface area contributed by atoms with E-state index in [-0.39, 0.29) is 17.6 Å². The zero-order chi connectivity index (χ0) is 20.5. The van der Waals surface area contributed by atoms with Crippen molar-refractivity contribution in [3.8, 4) is 22.4 Å². The van der Waals surface area contributed by atoms with Crippen LogP contribution in [0, 0.1) is 11.6 Å². The second-order valence-electron chi connectivity index (χ2n) is 7.57. The molecular formula is C23H23F2N3O. The number of amides is 1. The number of hydrogen-bond donors (Lipinski definition) is 0. The number of halogens is 2. The number of likely N-dealkylation sites (N-methyl/N-ethyl adjacent to an activating group) is 2. The average molecular weight is 395 g/mol. The summed E-state index contributed by atoms with van der Waals surface area (Å²) < 4.78 is 29.6. The van der Waals surface area contributed by atoms with Crippen molar-refractivity contribution < 1.29 is 13.6 Å². The Kier molecular flexibility index (Phi) is 5.20. The number of aromatic nitrogens is 1. The Morgan fingerprint density at radius 3 is 2.52 bits per heavy atom. The predicted molar refractivity (Wildman–Crippen MR) is 110 cm³/mol. The molecule has 1 fully saturated rings. The molecule has 1 aliphatic rings. The Morgan fingerprint density at radius 1 is 1.07 bits per heavy atom. The van der Waals surface area contributed by atoms with Gasteiger partial charge in [-0.1, -0.05) is 30.3 Å². The van der Waals surface area contributed by atoms with Gasteiger partial charge in [0.1, 0.15) is 11.6 Å². The van der Waals surface area contributed by atoms with Crippen molar-refractivity contribution in [1.82, 2.24) is 14.4 Å². The van der Waals surface area contributed by atoms with Crippen molar-refractivity contribution in [2.75, 3.05) is 27.2 Å². The molecule has 2 aromatic carbocycles. The molecule has 1 aliphatic heterocycles. The van der Waals surface area contributed by atoms with Crippen LogP contribution in [0.4, 0.5) is 13.6 Å². The highest BCUT2D eigenvalue weighted by atomic mass is 19.1. The maximum absolute atomic E-state index is 14.4. The van der Waals surface area contributed by atoms with E-state index < -0.39 is 11.6 Å². The van der Waals surface area contributed by atoms with E-state index in [0.29, 0.717) is 11.3 Å². The normalized spacial score (nSPS) is 16.9. The molecule has 0 saturated carbocycles. The summed E-state index contributed by atoms with van der Waals surface area (Å²) in [7, 11) is 3.83. The SMILES string of the molecule is CN1CC[C@H](N(C)C(=O)n2cc(-c3cc(F)ccc3F)cc2-c2ccccc2)C1. The zero-order valence-corrected chi connectivity index (χ0v) is 16.5. The molecule has 6 heteroatoms. The van der Waals surface area contributed by atoms with E-state index in [1.165, 1.54) is 4.57 Å². The summed E-state index contributed by atoms with van der Waals surface area (Å²) >= 11 is 0. The highest BCUT2D eigenvalue weighted by Gasteiger charge is 2.28. The molecule has 3 aromatic rings. The third kappa shape index (κ3) is 3.80. The summed E-state index contributed by atoms with van der Waals surface area (Å²) in [5, 5.41) is 0. The molecule has 29 heavy (non-hydrogen) atoms. The molecule has 0 N–H and O–H groups in total. The number of hydrogen-bond acceptors (Lipinski definition) is 2. The van der Waals surface area contributed by atoms with Gasteiger partial charge in [0.2, 0.25) is 0 Å². The van der Waals surface area contributed by atoms with E-state index in [9.17, 15) is 13.6 Å². The molecule has 150 valence electrons. The molecule has 2 heterocycles. The lowest BCUT2D eigenvalue weighted by Gasteiger charge is -2.25. The van der Waals surface area contributed by atoms with Crippen molar-refractivity contribution in [3.05, 3.63) is 72.4 Å². The van der Waals surface area contributed by atoms with Gasteiger partial charge in [0.25, 0.3) is 0 Å². The molecule has 1 saturated heterocycles. The largest absolute Gasteiger partial charge is 0.328 e. The van der Waals surface area contributed by atoms with E-state index >= 15 is 0 Å². The van der Waals surface area contributed by atoms with Crippen molar-refractivity contribution in [1.29, 1.82) is 0 Å². The Labute approximate surface area is 169 Å². The Balaban J connectivity index is 1.78. The first-order chi connectivity index (χ1) is 13.9. The highest BCUT2D eigenvalue weighted by Crippen LogP contribution is 2.31. The van der Waals surface area contributed by atoms with Crippen molar-refractivity contribution in [3.63, 3.8) is 0 Å². The number of carbonyl (C=O) groups excluding carboxylic acids is 1. The lowest BCUT2D eigenvalue weighted by Crippen LogP contribution is -2.40. The van der Waals surface area contributed by atoms with E-state index in [2.05, 4.69) is 4.90 Å². The second kappa shape index (κ2) is 7.79. The molecule has 0 unspecified atom stereocenters. The van der Waals surface area contributed by atoms with Crippen LogP contribution >= 0.6 is 0 Å². The van der Waals surface area contributed by atoms with E-state index in [1.807, 2.05) is 37.4 Å². The van der Waals surface area contributed by atoms with Crippen molar-refractivity contribution in [2.24, 2.45) is 0 Å². The lowest BCUT2D eigenvalue weighted by atomic mass is 10.1. The van der Waals surface area contributed by atoms with Crippen LogP contribution in [0.25, 0.3) is 22.4 Å². The van der Waals surface area contributed by atoms with Gasteiger partial charge >= 0.3 is 6.03 Å². The number of nitrogens with zero attached hydrogens (tertiary/aromatic N) is 3. The first-order valence-corrected chi connectivity index (χ1v) is 9.63. The maximum Gasteiger partial charge on any atom is 0.328 e. The topological polar surface area (TPSA) is 28.5 Å². The average Bonchev–Trinajstić information content (AvgIpc) is 3.36. The number of carbonyl (C=O) groups is 1.